The van der Waals surface area contributed by atoms with Crippen molar-refractivity contribution in [3.05, 3.63) is 29.8 Å². The minimum Gasteiger partial charge on any atom is -0.497 e. The molecule has 0 unspecified atom stereocenters. The summed E-state index contributed by atoms with van der Waals surface area (Å²) in [5, 5.41) is 12.7. The van der Waals surface area contributed by atoms with Crippen LogP contribution in [-0.4, -0.2) is 30.3 Å². The van der Waals surface area contributed by atoms with Crippen LogP contribution in [0, 0.1) is 0 Å². The maximum Gasteiger partial charge on any atom is 0.251 e. The van der Waals surface area contributed by atoms with Gasteiger partial charge in [-0.15, -0.1) is 0 Å². The number of nitrogens with one attached hydrogen (secondary N) is 1. The summed E-state index contributed by atoms with van der Waals surface area (Å²) in [6, 6.07) is 6.90. The van der Waals surface area contributed by atoms with Gasteiger partial charge in [-0.2, -0.15) is 0 Å². The number of hydrogen-bond donors (Lipinski definition) is 2. The highest BCUT2D eigenvalue weighted by molar-refractivity contribution is 5.94. The minimum atomic E-state index is -0.423. The Bertz CT molecular complexity index is 419. The highest BCUT2D eigenvalue weighted by Crippen LogP contribution is 2.19. The van der Waals surface area contributed by atoms with Crippen molar-refractivity contribution in [3.63, 3.8) is 0 Å². The first-order valence-corrected chi connectivity index (χ1v) is 6.33. The van der Waals surface area contributed by atoms with Gasteiger partial charge >= 0.3 is 0 Å². The molecule has 4 heteroatoms. The van der Waals surface area contributed by atoms with Crippen molar-refractivity contribution in [2.75, 3.05) is 7.11 Å². The number of benzene rings is 1. The third-order valence-electron chi connectivity index (χ3n) is 3.38. The topological polar surface area (TPSA) is 58.6 Å². The molecular weight excluding hydrogens is 230 g/mol. The smallest absolute Gasteiger partial charge is 0.251 e. The molecule has 1 aliphatic rings. The summed E-state index contributed by atoms with van der Waals surface area (Å²) in [6.07, 6.45) is 3.28. The van der Waals surface area contributed by atoms with E-state index in [1.54, 1.807) is 31.4 Å². The van der Waals surface area contributed by atoms with E-state index in [0.29, 0.717) is 11.3 Å². The summed E-state index contributed by atoms with van der Waals surface area (Å²) in [5.74, 6) is 0.506. The largest absolute Gasteiger partial charge is 0.497 e. The lowest BCUT2D eigenvalue weighted by molar-refractivity contribution is 0.0717. The summed E-state index contributed by atoms with van der Waals surface area (Å²) in [5.41, 5.74) is 0.562. The Hall–Kier alpha value is -1.55. The van der Waals surface area contributed by atoms with Gasteiger partial charge in [0.15, 0.2) is 0 Å². The average molecular weight is 249 g/mol. The van der Waals surface area contributed by atoms with Gasteiger partial charge in [0, 0.05) is 5.56 Å². The highest BCUT2D eigenvalue weighted by atomic mass is 16.5. The second kappa shape index (κ2) is 5.87. The first-order valence-electron chi connectivity index (χ1n) is 6.33. The number of rotatable bonds is 3. The summed E-state index contributed by atoms with van der Waals surface area (Å²) in [4.78, 5) is 12.0. The number of amides is 1. The summed E-state index contributed by atoms with van der Waals surface area (Å²) >= 11 is 0. The fourth-order valence-corrected chi connectivity index (χ4v) is 2.30. The fraction of sp³-hybridized carbons (Fsp3) is 0.500. The van der Waals surface area contributed by atoms with E-state index in [1.807, 2.05) is 0 Å². The van der Waals surface area contributed by atoms with E-state index in [0.717, 1.165) is 25.7 Å². The van der Waals surface area contributed by atoms with Crippen LogP contribution in [0.25, 0.3) is 0 Å². The van der Waals surface area contributed by atoms with Crippen molar-refractivity contribution in [3.8, 4) is 5.75 Å². The number of aliphatic hydroxyl groups excluding tert-OH is 1. The van der Waals surface area contributed by atoms with Gasteiger partial charge < -0.3 is 15.2 Å². The van der Waals surface area contributed by atoms with Gasteiger partial charge in [-0.05, 0) is 31.0 Å². The van der Waals surface area contributed by atoms with Crippen LogP contribution in [-0.2, 0) is 0 Å². The first-order chi connectivity index (χ1) is 8.70. The predicted octanol–water partition coefficient (Wildman–Crippen LogP) is 1.73. The average Bonchev–Trinajstić information content (AvgIpc) is 2.41. The molecule has 0 radical (unpaired) electrons. The molecule has 18 heavy (non-hydrogen) atoms. The van der Waals surface area contributed by atoms with Crippen molar-refractivity contribution < 1.29 is 14.6 Å². The van der Waals surface area contributed by atoms with Gasteiger partial charge in [-0.1, -0.05) is 18.9 Å². The van der Waals surface area contributed by atoms with Crippen LogP contribution in [0.15, 0.2) is 24.3 Å². The molecule has 1 aliphatic carbocycles. The van der Waals surface area contributed by atoms with Gasteiger partial charge in [0.2, 0.25) is 0 Å². The van der Waals surface area contributed by atoms with Gasteiger partial charge in [0.25, 0.3) is 5.91 Å². The van der Waals surface area contributed by atoms with Crippen molar-refractivity contribution >= 4 is 5.91 Å². The lowest BCUT2D eigenvalue weighted by Crippen LogP contribution is -2.45. The molecule has 0 aromatic heterocycles. The standard InChI is InChI=1S/C14H19NO3/c1-18-11-6-4-5-10(9-11)14(17)15-12-7-2-3-8-13(12)16/h4-6,9,12-13,16H,2-3,7-8H2,1H3,(H,15,17)/t12-,13-/m0/s1. The van der Waals surface area contributed by atoms with E-state index in [9.17, 15) is 9.90 Å². The molecule has 2 N–H and O–H groups in total. The normalized spacial score (nSPS) is 23.4. The molecule has 0 aliphatic heterocycles. The molecule has 1 aromatic carbocycles. The van der Waals surface area contributed by atoms with Gasteiger partial charge in [0.05, 0.1) is 19.3 Å². The molecule has 0 bridgehead atoms. The van der Waals surface area contributed by atoms with E-state index in [-0.39, 0.29) is 11.9 Å². The molecule has 2 atom stereocenters. The molecular formula is C14H19NO3. The molecule has 1 fully saturated rings. The van der Waals surface area contributed by atoms with Gasteiger partial charge in [-0.25, -0.2) is 0 Å². The van der Waals surface area contributed by atoms with Crippen LogP contribution in [0.1, 0.15) is 36.0 Å². The second-order valence-corrected chi connectivity index (χ2v) is 4.66. The van der Waals surface area contributed by atoms with E-state index < -0.39 is 6.10 Å². The number of ether oxygens (including phenoxy) is 1. The van der Waals surface area contributed by atoms with Crippen molar-refractivity contribution in [2.24, 2.45) is 0 Å². The zero-order chi connectivity index (χ0) is 13.0. The number of methoxy groups -OCH3 is 1. The number of carbonyl (C=O) groups excluding carboxylic acids is 1. The highest BCUT2D eigenvalue weighted by Gasteiger charge is 2.24. The zero-order valence-corrected chi connectivity index (χ0v) is 10.6. The van der Waals surface area contributed by atoms with Crippen molar-refractivity contribution in [2.45, 2.75) is 37.8 Å². The molecule has 0 heterocycles. The Balaban J connectivity index is 2.02. The second-order valence-electron chi connectivity index (χ2n) is 4.66. The summed E-state index contributed by atoms with van der Waals surface area (Å²) in [7, 11) is 1.57. The molecule has 1 amide bonds. The number of aliphatic hydroxyl groups is 1. The third kappa shape index (κ3) is 3.01. The van der Waals surface area contributed by atoms with Crippen LogP contribution >= 0.6 is 0 Å². The molecule has 98 valence electrons. The minimum absolute atomic E-state index is 0.127. The third-order valence-corrected chi connectivity index (χ3v) is 3.38. The van der Waals surface area contributed by atoms with Crippen LogP contribution < -0.4 is 10.1 Å². The summed E-state index contributed by atoms with van der Waals surface area (Å²) < 4.78 is 5.09. The molecule has 0 spiro atoms. The maximum absolute atomic E-state index is 12.0. The van der Waals surface area contributed by atoms with Crippen LogP contribution in [0.5, 0.6) is 5.75 Å². The van der Waals surface area contributed by atoms with Crippen molar-refractivity contribution in [1.82, 2.24) is 5.32 Å². The van der Waals surface area contributed by atoms with E-state index >= 15 is 0 Å². The maximum atomic E-state index is 12.0. The van der Waals surface area contributed by atoms with Crippen molar-refractivity contribution in [1.29, 1.82) is 0 Å². The lowest BCUT2D eigenvalue weighted by atomic mass is 9.92. The molecule has 4 nitrogen and oxygen atoms in total. The monoisotopic (exact) mass is 249 g/mol. The molecule has 1 aromatic rings. The number of carbonyl (C=O) groups is 1. The van der Waals surface area contributed by atoms with E-state index in [2.05, 4.69) is 5.32 Å². The molecule has 2 rings (SSSR count). The van der Waals surface area contributed by atoms with E-state index in [4.69, 9.17) is 4.74 Å². The van der Waals surface area contributed by atoms with Crippen LogP contribution in [0.2, 0.25) is 0 Å². The Morgan fingerprint density at radius 1 is 1.39 bits per heavy atom. The Kier molecular flexibility index (Phi) is 4.20. The molecule has 0 saturated heterocycles. The van der Waals surface area contributed by atoms with Gasteiger partial charge in [0.1, 0.15) is 5.75 Å². The van der Waals surface area contributed by atoms with E-state index in [1.165, 1.54) is 0 Å². The Labute approximate surface area is 107 Å². The quantitative estimate of drug-likeness (QED) is 0.857. The van der Waals surface area contributed by atoms with Crippen LogP contribution in [0.3, 0.4) is 0 Å². The fourth-order valence-electron chi connectivity index (χ4n) is 2.30. The van der Waals surface area contributed by atoms with Crippen LogP contribution in [0.4, 0.5) is 0 Å². The van der Waals surface area contributed by atoms with Gasteiger partial charge in [-0.3, -0.25) is 4.79 Å². The Morgan fingerprint density at radius 3 is 2.89 bits per heavy atom. The lowest BCUT2D eigenvalue weighted by Gasteiger charge is -2.28. The number of hydrogen-bond acceptors (Lipinski definition) is 3. The first kappa shape index (κ1) is 12.9. The zero-order valence-electron chi connectivity index (χ0n) is 10.6. The molecule has 1 saturated carbocycles. The predicted molar refractivity (Wildman–Crippen MR) is 68.7 cm³/mol. The Morgan fingerprint density at radius 2 is 2.17 bits per heavy atom. The SMILES string of the molecule is COc1cccc(C(=O)N[C@H]2CCCC[C@@H]2O)c1. The summed E-state index contributed by atoms with van der Waals surface area (Å²) in [6.45, 7) is 0.